The van der Waals surface area contributed by atoms with Gasteiger partial charge >= 0.3 is 0 Å². The quantitative estimate of drug-likeness (QED) is 0.836. The fourth-order valence-electron chi connectivity index (χ4n) is 0.963. The van der Waals surface area contributed by atoms with Gasteiger partial charge in [0.2, 0.25) is 0 Å². The average Bonchev–Trinajstić information content (AvgIpc) is 2.09. The summed E-state index contributed by atoms with van der Waals surface area (Å²) in [6, 6.07) is 2.40. The zero-order valence-electron chi connectivity index (χ0n) is 6.73. The van der Waals surface area contributed by atoms with Gasteiger partial charge < -0.3 is 5.73 Å². The van der Waals surface area contributed by atoms with E-state index in [1.54, 1.807) is 0 Å². The van der Waals surface area contributed by atoms with Crippen molar-refractivity contribution in [3.05, 3.63) is 20.3 Å². The van der Waals surface area contributed by atoms with Crippen molar-refractivity contribution in [2.24, 2.45) is 5.73 Å². The summed E-state index contributed by atoms with van der Waals surface area (Å²) in [5.41, 5.74) is 5.69. The number of aryl methyl sites for hydroxylation is 1. The smallest absolute Gasteiger partial charge is 0.0317 e. The summed E-state index contributed by atoms with van der Waals surface area (Å²) in [4.78, 5) is 2.70. The number of thiophene rings is 1. The van der Waals surface area contributed by atoms with Crippen LogP contribution in [0.3, 0.4) is 0 Å². The van der Waals surface area contributed by atoms with Gasteiger partial charge in [-0.3, -0.25) is 0 Å². The molecule has 1 rings (SSSR count). The van der Waals surface area contributed by atoms with E-state index in [2.05, 4.69) is 28.9 Å². The van der Waals surface area contributed by atoms with Crippen LogP contribution in [0.4, 0.5) is 0 Å². The molecule has 1 nitrogen and oxygen atoms in total. The SMILES string of the molecule is Cc1cc(Br)c(C[C@@H](C)N)s1. The molecule has 1 aromatic rings. The van der Waals surface area contributed by atoms with Crippen molar-refractivity contribution in [2.45, 2.75) is 26.3 Å². The van der Waals surface area contributed by atoms with Gasteiger partial charge in [-0.05, 0) is 42.3 Å². The number of rotatable bonds is 2. The highest BCUT2D eigenvalue weighted by molar-refractivity contribution is 9.10. The molecule has 3 heteroatoms. The van der Waals surface area contributed by atoms with E-state index in [1.165, 1.54) is 14.2 Å². The Morgan fingerprint density at radius 1 is 1.73 bits per heavy atom. The van der Waals surface area contributed by atoms with Crippen molar-refractivity contribution in [1.82, 2.24) is 0 Å². The van der Waals surface area contributed by atoms with Gasteiger partial charge in [0.05, 0.1) is 0 Å². The van der Waals surface area contributed by atoms with Crippen LogP contribution in [0.5, 0.6) is 0 Å². The fraction of sp³-hybridized carbons (Fsp3) is 0.500. The molecule has 2 N–H and O–H groups in total. The molecule has 0 aromatic carbocycles. The van der Waals surface area contributed by atoms with E-state index in [-0.39, 0.29) is 6.04 Å². The zero-order chi connectivity index (χ0) is 8.43. The van der Waals surface area contributed by atoms with Gasteiger partial charge in [0, 0.05) is 20.3 Å². The molecule has 0 amide bonds. The molecule has 0 bridgehead atoms. The average molecular weight is 234 g/mol. The first kappa shape index (κ1) is 9.23. The molecule has 0 aliphatic carbocycles. The van der Waals surface area contributed by atoms with Crippen LogP contribution >= 0.6 is 27.3 Å². The molecule has 11 heavy (non-hydrogen) atoms. The van der Waals surface area contributed by atoms with Crippen molar-refractivity contribution in [3.63, 3.8) is 0 Å². The Labute approximate surface area is 79.7 Å². The Kier molecular flexibility index (Phi) is 3.10. The predicted octanol–water partition coefficient (Wildman–Crippen LogP) is 2.71. The Bertz CT molecular complexity index is 242. The molecule has 0 saturated carbocycles. The second-order valence-electron chi connectivity index (χ2n) is 2.81. The Morgan fingerprint density at radius 2 is 2.36 bits per heavy atom. The number of hydrogen-bond donors (Lipinski definition) is 1. The molecule has 1 heterocycles. The fourth-order valence-corrected chi connectivity index (χ4v) is 2.93. The summed E-state index contributed by atoms with van der Waals surface area (Å²) in [6.07, 6.45) is 0.971. The minimum absolute atomic E-state index is 0.254. The minimum atomic E-state index is 0.254. The van der Waals surface area contributed by atoms with Crippen LogP contribution in [0, 0.1) is 6.92 Å². The molecule has 1 atom stereocenters. The lowest BCUT2D eigenvalue weighted by Gasteiger charge is -2.01. The molecule has 62 valence electrons. The highest BCUT2D eigenvalue weighted by atomic mass is 79.9. The lowest BCUT2D eigenvalue weighted by Crippen LogP contribution is -2.17. The summed E-state index contributed by atoms with van der Waals surface area (Å²) in [6.45, 7) is 4.14. The van der Waals surface area contributed by atoms with E-state index in [0.29, 0.717) is 0 Å². The normalized spacial score (nSPS) is 13.5. The Hall–Kier alpha value is 0.140. The molecule has 0 radical (unpaired) electrons. The summed E-state index contributed by atoms with van der Waals surface area (Å²) in [5, 5.41) is 0. The largest absolute Gasteiger partial charge is 0.328 e. The second-order valence-corrected chi connectivity index (χ2v) is 5.00. The summed E-state index contributed by atoms with van der Waals surface area (Å²) in [7, 11) is 0. The molecule has 0 fully saturated rings. The van der Waals surface area contributed by atoms with E-state index in [0.717, 1.165) is 6.42 Å². The standard InChI is InChI=1S/C8H12BrNS/c1-5(10)3-8-7(9)4-6(2)11-8/h4-5H,3,10H2,1-2H3/t5-/m1/s1. The summed E-state index contributed by atoms with van der Waals surface area (Å²) >= 11 is 5.32. The van der Waals surface area contributed by atoms with Crippen LogP contribution in [-0.4, -0.2) is 6.04 Å². The molecule has 0 spiro atoms. The third-order valence-electron chi connectivity index (χ3n) is 1.39. The topological polar surface area (TPSA) is 26.0 Å². The lowest BCUT2D eigenvalue weighted by molar-refractivity contribution is 0.745. The highest BCUT2D eigenvalue weighted by Gasteiger charge is 2.05. The van der Waals surface area contributed by atoms with Crippen molar-refractivity contribution >= 4 is 27.3 Å². The van der Waals surface area contributed by atoms with E-state index in [9.17, 15) is 0 Å². The Morgan fingerprint density at radius 3 is 2.73 bits per heavy atom. The predicted molar refractivity (Wildman–Crippen MR) is 54.1 cm³/mol. The molecular formula is C8H12BrNS. The van der Waals surface area contributed by atoms with Crippen molar-refractivity contribution in [3.8, 4) is 0 Å². The van der Waals surface area contributed by atoms with E-state index >= 15 is 0 Å². The van der Waals surface area contributed by atoms with E-state index < -0.39 is 0 Å². The van der Waals surface area contributed by atoms with Crippen molar-refractivity contribution in [2.75, 3.05) is 0 Å². The maximum Gasteiger partial charge on any atom is 0.0317 e. The van der Waals surface area contributed by atoms with Gasteiger partial charge in [-0.1, -0.05) is 0 Å². The van der Waals surface area contributed by atoms with Crippen LogP contribution in [0.25, 0.3) is 0 Å². The summed E-state index contributed by atoms with van der Waals surface area (Å²) in [5.74, 6) is 0. The number of hydrogen-bond acceptors (Lipinski definition) is 2. The van der Waals surface area contributed by atoms with Gasteiger partial charge in [-0.25, -0.2) is 0 Å². The lowest BCUT2D eigenvalue weighted by atomic mass is 10.2. The van der Waals surface area contributed by atoms with Gasteiger partial charge in [0.15, 0.2) is 0 Å². The maximum atomic E-state index is 5.69. The second kappa shape index (κ2) is 3.70. The third kappa shape index (κ3) is 2.58. The molecule has 0 unspecified atom stereocenters. The first-order chi connectivity index (χ1) is 5.09. The van der Waals surface area contributed by atoms with Gasteiger partial charge in [0.25, 0.3) is 0 Å². The molecule has 0 saturated heterocycles. The van der Waals surface area contributed by atoms with E-state index in [1.807, 2.05) is 18.3 Å². The first-order valence-corrected chi connectivity index (χ1v) is 5.21. The molecular weight excluding hydrogens is 222 g/mol. The number of halogens is 1. The molecule has 0 aliphatic rings. The monoisotopic (exact) mass is 233 g/mol. The van der Waals surface area contributed by atoms with Crippen molar-refractivity contribution < 1.29 is 0 Å². The molecule has 0 aliphatic heterocycles. The van der Waals surface area contributed by atoms with Crippen LogP contribution in [-0.2, 0) is 6.42 Å². The van der Waals surface area contributed by atoms with Crippen LogP contribution in [0.15, 0.2) is 10.5 Å². The Balaban J connectivity index is 2.77. The highest BCUT2D eigenvalue weighted by Crippen LogP contribution is 2.27. The first-order valence-electron chi connectivity index (χ1n) is 3.60. The van der Waals surface area contributed by atoms with Crippen LogP contribution in [0.2, 0.25) is 0 Å². The third-order valence-corrected chi connectivity index (χ3v) is 3.43. The number of nitrogens with two attached hydrogens (primary N) is 1. The van der Waals surface area contributed by atoms with Gasteiger partial charge in [-0.15, -0.1) is 11.3 Å². The van der Waals surface area contributed by atoms with Gasteiger partial charge in [0.1, 0.15) is 0 Å². The van der Waals surface area contributed by atoms with Crippen LogP contribution < -0.4 is 5.73 Å². The minimum Gasteiger partial charge on any atom is -0.328 e. The summed E-state index contributed by atoms with van der Waals surface area (Å²) < 4.78 is 1.21. The molecule has 1 aromatic heterocycles. The van der Waals surface area contributed by atoms with E-state index in [4.69, 9.17) is 5.73 Å². The van der Waals surface area contributed by atoms with Crippen LogP contribution in [0.1, 0.15) is 16.7 Å². The zero-order valence-corrected chi connectivity index (χ0v) is 9.13. The van der Waals surface area contributed by atoms with Gasteiger partial charge in [-0.2, -0.15) is 0 Å². The van der Waals surface area contributed by atoms with Crippen molar-refractivity contribution in [1.29, 1.82) is 0 Å². The maximum absolute atomic E-state index is 5.69.